The van der Waals surface area contributed by atoms with Crippen LogP contribution in [0.4, 0.5) is 0 Å². The summed E-state index contributed by atoms with van der Waals surface area (Å²) in [6.07, 6.45) is 2.19. The maximum atomic E-state index is 13.1. The van der Waals surface area contributed by atoms with Gasteiger partial charge in [0.15, 0.2) is 0 Å². The normalized spacial score (nSPS) is 25.6. The highest BCUT2D eigenvalue weighted by molar-refractivity contribution is 7.89. The van der Waals surface area contributed by atoms with Crippen molar-refractivity contribution in [3.05, 3.63) is 41.4 Å². The van der Waals surface area contributed by atoms with Gasteiger partial charge < -0.3 is 15.1 Å². The number of rotatable bonds is 5. The van der Waals surface area contributed by atoms with E-state index in [-0.39, 0.29) is 23.3 Å². The van der Waals surface area contributed by atoms with Crippen molar-refractivity contribution in [1.29, 1.82) is 0 Å². The Hall–Kier alpha value is -2.20. The largest absolute Gasteiger partial charge is 0.341 e. The molecule has 2 N–H and O–H groups in total. The quantitative estimate of drug-likeness (QED) is 0.647. The van der Waals surface area contributed by atoms with Crippen molar-refractivity contribution < 1.29 is 18.0 Å². The Kier molecular flexibility index (Phi) is 6.54. The number of nitrogens with zero attached hydrogens (tertiary/aromatic N) is 2. The molecule has 0 aromatic heterocycles. The van der Waals surface area contributed by atoms with Crippen molar-refractivity contribution in [3.8, 4) is 0 Å². The van der Waals surface area contributed by atoms with Gasteiger partial charge in [0.2, 0.25) is 21.8 Å². The van der Waals surface area contributed by atoms with Crippen molar-refractivity contribution in [2.45, 2.75) is 30.2 Å². The fourth-order valence-corrected chi connectivity index (χ4v) is 6.84. The van der Waals surface area contributed by atoms with E-state index in [9.17, 15) is 18.0 Å². The van der Waals surface area contributed by atoms with Gasteiger partial charge in [0.25, 0.3) is 0 Å². The summed E-state index contributed by atoms with van der Waals surface area (Å²) in [4.78, 5) is 29.5. The van der Waals surface area contributed by atoms with Crippen LogP contribution < -0.4 is 10.0 Å². The maximum Gasteiger partial charge on any atom is 0.242 e. The molecule has 0 spiro atoms. The minimum atomic E-state index is -3.91. The van der Waals surface area contributed by atoms with E-state index in [1.807, 2.05) is 4.90 Å². The molecule has 8 nitrogen and oxygen atoms in total. The van der Waals surface area contributed by atoms with Crippen LogP contribution in [-0.4, -0.2) is 75.3 Å². The number of carbonyl (C=O) groups is 2. The van der Waals surface area contributed by atoms with Gasteiger partial charge in [-0.15, -0.1) is 0 Å². The number of benzene rings is 2. The number of sulfonamides is 1. The Balaban J connectivity index is 1.25. The smallest absolute Gasteiger partial charge is 0.242 e. The first-order valence-electron chi connectivity index (χ1n) is 11.8. The molecule has 0 radical (unpaired) electrons. The molecule has 2 amide bonds. The van der Waals surface area contributed by atoms with E-state index < -0.39 is 16.1 Å². The summed E-state index contributed by atoms with van der Waals surface area (Å²) in [5.41, 5.74) is 0. The zero-order valence-electron chi connectivity index (χ0n) is 18.9. The van der Waals surface area contributed by atoms with Gasteiger partial charge in [-0.3, -0.25) is 9.59 Å². The predicted molar refractivity (Wildman–Crippen MR) is 130 cm³/mol. The van der Waals surface area contributed by atoms with Gasteiger partial charge in [-0.1, -0.05) is 23.7 Å². The number of nitrogens with one attached hydrogen (secondary N) is 2. The van der Waals surface area contributed by atoms with Crippen LogP contribution in [0.25, 0.3) is 10.8 Å². The number of hydrogen-bond acceptors (Lipinski definition) is 5. The maximum absolute atomic E-state index is 13.1. The molecule has 34 heavy (non-hydrogen) atoms. The Morgan fingerprint density at radius 2 is 1.79 bits per heavy atom. The second-order valence-electron chi connectivity index (χ2n) is 9.65. The Labute approximate surface area is 204 Å². The first kappa shape index (κ1) is 23.5. The zero-order valence-corrected chi connectivity index (χ0v) is 20.4. The highest BCUT2D eigenvalue weighted by Crippen LogP contribution is 2.26. The number of carbonyl (C=O) groups excluding carboxylic acids is 2. The summed E-state index contributed by atoms with van der Waals surface area (Å²) < 4.78 is 28.7. The first-order valence-corrected chi connectivity index (χ1v) is 13.6. The van der Waals surface area contributed by atoms with Crippen LogP contribution in [0, 0.1) is 11.8 Å². The average molecular weight is 505 g/mol. The summed E-state index contributed by atoms with van der Waals surface area (Å²) in [6.45, 7) is 3.74. The Bertz CT molecular complexity index is 1210. The summed E-state index contributed by atoms with van der Waals surface area (Å²) in [5.74, 6) is 0.536. The van der Waals surface area contributed by atoms with E-state index in [1.54, 1.807) is 30.3 Å². The van der Waals surface area contributed by atoms with Crippen LogP contribution in [0.3, 0.4) is 0 Å². The first-order chi connectivity index (χ1) is 16.3. The lowest BCUT2D eigenvalue weighted by Crippen LogP contribution is -2.57. The third-order valence-corrected chi connectivity index (χ3v) is 8.79. The Morgan fingerprint density at radius 1 is 1.09 bits per heavy atom. The number of hydrogen-bond donors (Lipinski definition) is 2. The van der Waals surface area contributed by atoms with Crippen molar-refractivity contribution in [2.24, 2.45) is 11.8 Å². The summed E-state index contributed by atoms with van der Waals surface area (Å²) >= 11 is 6.01. The van der Waals surface area contributed by atoms with Gasteiger partial charge in [0, 0.05) is 24.7 Å². The molecule has 3 heterocycles. The molecule has 3 saturated heterocycles. The van der Waals surface area contributed by atoms with Crippen LogP contribution in [0.5, 0.6) is 0 Å². The van der Waals surface area contributed by atoms with Gasteiger partial charge >= 0.3 is 0 Å². The van der Waals surface area contributed by atoms with Gasteiger partial charge in [-0.05, 0) is 79.2 Å². The second kappa shape index (κ2) is 9.45. The average Bonchev–Trinajstić information content (AvgIpc) is 2.80. The molecule has 3 fully saturated rings. The van der Waals surface area contributed by atoms with Crippen LogP contribution in [-0.2, 0) is 19.6 Å². The lowest BCUT2D eigenvalue weighted by molar-refractivity contribution is -0.144. The van der Waals surface area contributed by atoms with Gasteiger partial charge in [0.1, 0.15) is 6.04 Å². The monoisotopic (exact) mass is 504 g/mol. The van der Waals surface area contributed by atoms with Gasteiger partial charge in [-0.2, -0.15) is 4.72 Å². The fraction of sp³-hybridized carbons (Fsp3) is 0.500. The lowest BCUT2D eigenvalue weighted by Gasteiger charge is -2.42. The van der Waals surface area contributed by atoms with Gasteiger partial charge in [-0.25, -0.2) is 8.42 Å². The zero-order chi connectivity index (χ0) is 23.9. The van der Waals surface area contributed by atoms with E-state index >= 15 is 0 Å². The number of halogens is 1. The van der Waals surface area contributed by atoms with Crippen molar-refractivity contribution >= 4 is 44.2 Å². The molecule has 2 aromatic rings. The summed E-state index contributed by atoms with van der Waals surface area (Å²) in [5, 5.41) is 5.57. The molecule has 3 aliphatic heterocycles. The third kappa shape index (κ3) is 4.93. The van der Waals surface area contributed by atoms with Crippen molar-refractivity contribution in [3.63, 3.8) is 0 Å². The number of likely N-dealkylation sites (tertiary alicyclic amines) is 2. The lowest BCUT2D eigenvalue weighted by atomic mass is 9.86. The van der Waals surface area contributed by atoms with Gasteiger partial charge in [0.05, 0.1) is 11.4 Å². The number of piperidine rings is 3. The number of fused-ring (bicyclic) bond motifs is 3. The summed E-state index contributed by atoms with van der Waals surface area (Å²) in [6, 6.07) is 9.15. The molecule has 10 heteroatoms. The predicted octanol–water partition coefficient (Wildman–Crippen LogP) is 1.83. The van der Waals surface area contributed by atoms with Crippen molar-refractivity contribution in [1.82, 2.24) is 19.8 Å². The fourth-order valence-electron chi connectivity index (χ4n) is 5.40. The minimum Gasteiger partial charge on any atom is -0.341 e. The molecule has 0 saturated carbocycles. The van der Waals surface area contributed by atoms with Crippen LogP contribution in [0.2, 0.25) is 5.02 Å². The van der Waals surface area contributed by atoms with Crippen LogP contribution in [0.1, 0.15) is 19.3 Å². The minimum absolute atomic E-state index is 0.000658. The topological polar surface area (TPSA) is 98.8 Å². The van der Waals surface area contributed by atoms with Crippen LogP contribution in [0.15, 0.2) is 41.3 Å². The van der Waals surface area contributed by atoms with Crippen LogP contribution >= 0.6 is 11.6 Å². The molecule has 2 aromatic carbocycles. The standard InChI is InChI=1S/C24H29ClN4O4S/c25-20-5-3-19-10-21(6-4-18(19)9-20)34(32,33)27-22-2-1-7-28(24(22)31)15-23(30)29-13-16-8-17(14-29)12-26-11-16/h3-6,9-10,16-17,22,26-27H,1-2,7-8,11-15H2/t16?,17?,22-/m0/s1. The molecule has 0 aliphatic carbocycles. The summed E-state index contributed by atoms with van der Waals surface area (Å²) in [7, 11) is -3.91. The molecule has 182 valence electrons. The van der Waals surface area contributed by atoms with Crippen molar-refractivity contribution in [2.75, 3.05) is 39.3 Å². The highest BCUT2D eigenvalue weighted by Gasteiger charge is 2.36. The highest BCUT2D eigenvalue weighted by atomic mass is 35.5. The SMILES string of the molecule is O=C(CN1CCC[C@H](NS(=O)(=O)c2ccc3cc(Cl)ccc3c2)C1=O)N1CC2CNCC(C2)C1. The third-order valence-electron chi connectivity index (χ3n) is 7.08. The van der Waals surface area contributed by atoms with E-state index in [4.69, 9.17) is 11.6 Å². The van der Waals surface area contributed by atoms with E-state index in [0.29, 0.717) is 49.3 Å². The Morgan fingerprint density at radius 3 is 2.56 bits per heavy atom. The molecular weight excluding hydrogens is 476 g/mol. The second-order valence-corrected chi connectivity index (χ2v) is 11.8. The molecule has 3 aliphatic rings. The molecule has 3 atom stereocenters. The number of amides is 2. The molecular formula is C24H29ClN4O4S. The van der Waals surface area contributed by atoms with E-state index in [0.717, 1.165) is 30.3 Å². The molecule has 2 bridgehead atoms. The van der Waals surface area contributed by atoms with E-state index in [2.05, 4.69) is 10.0 Å². The molecule has 5 rings (SSSR count). The molecule has 2 unspecified atom stereocenters. The van der Waals surface area contributed by atoms with E-state index in [1.165, 1.54) is 11.0 Å².